The van der Waals surface area contributed by atoms with E-state index < -0.39 is 5.97 Å². The lowest BCUT2D eigenvalue weighted by molar-refractivity contribution is 0.0697. The Bertz CT molecular complexity index is 612. The van der Waals surface area contributed by atoms with Gasteiger partial charge in [0.2, 0.25) is 0 Å². The summed E-state index contributed by atoms with van der Waals surface area (Å²) < 4.78 is 0.717. The number of carbonyl (C=O) groups is 1. The molecule has 0 aliphatic heterocycles. The normalized spacial score (nSPS) is 10.4. The Morgan fingerprint density at radius 3 is 2.74 bits per heavy atom. The van der Waals surface area contributed by atoms with Gasteiger partial charge in [-0.05, 0) is 30.3 Å². The Morgan fingerprint density at radius 2 is 2.16 bits per heavy atom. The molecule has 4 nitrogen and oxygen atoms in total. The highest BCUT2D eigenvalue weighted by Gasteiger charge is 2.14. The first-order valence-corrected chi connectivity index (χ1v) is 6.75. The number of benzene rings is 1. The van der Waals surface area contributed by atoms with Crippen LogP contribution < -0.4 is 10.6 Å². The van der Waals surface area contributed by atoms with Crippen molar-refractivity contribution in [2.45, 2.75) is 6.54 Å². The summed E-state index contributed by atoms with van der Waals surface area (Å²) in [7, 11) is 1.83. The molecule has 1 aromatic carbocycles. The van der Waals surface area contributed by atoms with Crippen LogP contribution in [0.1, 0.15) is 15.2 Å². The molecule has 0 bridgehead atoms. The van der Waals surface area contributed by atoms with Crippen molar-refractivity contribution in [1.29, 1.82) is 0 Å². The smallest absolute Gasteiger partial charge is 0.337 e. The third-order valence-corrected chi connectivity index (χ3v) is 3.90. The number of nitrogens with zero attached hydrogens (tertiary/aromatic N) is 1. The van der Waals surface area contributed by atoms with Gasteiger partial charge in [0.25, 0.3) is 0 Å². The average molecular weight is 297 g/mol. The summed E-state index contributed by atoms with van der Waals surface area (Å²) >= 11 is 7.36. The highest BCUT2D eigenvalue weighted by atomic mass is 35.5. The fourth-order valence-corrected chi connectivity index (χ4v) is 2.94. The van der Waals surface area contributed by atoms with Crippen LogP contribution in [0.15, 0.2) is 30.3 Å². The zero-order chi connectivity index (χ0) is 14.0. The molecule has 0 saturated carbocycles. The SMILES string of the molecule is CN(Cc1ccc(Cl)s1)c1cc(N)ccc1C(=O)O. The molecule has 100 valence electrons. The van der Waals surface area contributed by atoms with Crippen LogP contribution in [0.4, 0.5) is 11.4 Å². The van der Waals surface area contributed by atoms with Crippen LogP contribution in [-0.4, -0.2) is 18.1 Å². The van der Waals surface area contributed by atoms with Gasteiger partial charge in [-0.25, -0.2) is 4.79 Å². The maximum atomic E-state index is 11.2. The van der Waals surface area contributed by atoms with E-state index in [9.17, 15) is 9.90 Å². The minimum absolute atomic E-state index is 0.236. The third kappa shape index (κ3) is 3.19. The van der Waals surface area contributed by atoms with Crippen molar-refractivity contribution >= 4 is 40.3 Å². The number of aromatic carboxylic acids is 1. The molecule has 19 heavy (non-hydrogen) atoms. The number of rotatable bonds is 4. The Balaban J connectivity index is 2.29. The Kier molecular flexibility index (Phi) is 3.97. The number of thiophene rings is 1. The molecule has 0 spiro atoms. The van der Waals surface area contributed by atoms with Crippen LogP contribution >= 0.6 is 22.9 Å². The molecule has 2 aromatic rings. The van der Waals surface area contributed by atoms with Crippen LogP contribution in [-0.2, 0) is 6.54 Å². The standard InChI is InChI=1S/C13H13ClN2O2S/c1-16(7-9-3-5-12(14)19-9)11-6-8(15)2-4-10(11)13(17)18/h2-6H,7,15H2,1H3,(H,17,18). The quantitative estimate of drug-likeness (QED) is 0.849. The van der Waals surface area contributed by atoms with E-state index in [0.29, 0.717) is 17.9 Å². The van der Waals surface area contributed by atoms with Gasteiger partial charge in [-0.1, -0.05) is 11.6 Å². The lowest BCUT2D eigenvalue weighted by Gasteiger charge is -2.21. The third-order valence-electron chi connectivity index (χ3n) is 2.69. The van der Waals surface area contributed by atoms with Crippen molar-refractivity contribution in [2.75, 3.05) is 17.7 Å². The number of anilines is 2. The number of halogens is 1. The van der Waals surface area contributed by atoms with Gasteiger partial charge in [0.05, 0.1) is 22.1 Å². The van der Waals surface area contributed by atoms with Gasteiger partial charge in [0.15, 0.2) is 0 Å². The van der Waals surface area contributed by atoms with E-state index in [1.165, 1.54) is 17.4 Å². The van der Waals surface area contributed by atoms with Gasteiger partial charge in [-0.2, -0.15) is 0 Å². The van der Waals surface area contributed by atoms with Gasteiger partial charge < -0.3 is 15.7 Å². The molecule has 0 aliphatic rings. The van der Waals surface area contributed by atoms with Crippen molar-refractivity contribution in [3.8, 4) is 0 Å². The van der Waals surface area contributed by atoms with E-state index in [2.05, 4.69) is 0 Å². The van der Waals surface area contributed by atoms with Crippen LogP contribution in [0.3, 0.4) is 0 Å². The molecule has 0 aliphatic carbocycles. The second-order valence-corrected chi connectivity index (χ2v) is 5.94. The zero-order valence-electron chi connectivity index (χ0n) is 10.3. The summed E-state index contributed by atoms with van der Waals surface area (Å²) in [4.78, 5) is 14.1. The zero-order valence-corrected chi connectivity index (χ0v) is 11.8. The minimum Gasteiger partial charge on any atom is -0.478 e. The van der Waals surface area contributed by atoms with Crippen LogP contribution in [0.25, 0.3) is 0 Å². The topological polar surface area (TPSA) is 66.6 Å². The second-order valence-electron chi connectivity index (χ2n) is 4.14. The predicted octanol–water partition coefficient (Wildman–Crippen LogP) is 3.32. The summed E-state index contributed by atoms with van der Waals surface area (Å²) in [5.74, 6) is -0.967. The van der Waals surface area contributed by atoms with Gasteiger partial charge in [0.1, 0.15) is 0 Å². The summed E-state index contributed by atoms with van der Waals surface area (Å²) in [6.45, 7) is 0.584. The molecule has 0 fully saturated rings. The van der Waals surface area contributed by atoms with Gasteiger partial charge in [-0.15, -0.1) is 11.3 Å². The lowest BCUT2D eigenvalue weighted by Crippen LogP contribution is -2.19. The van der Waals surface area contributed by atoms with E-state index in [-0.39, 0.29) is 5.56 Å². The van der Waals surface area contributed by atoms with E-state index in [1.54, 1.807) is 12.1 Å². The van der Waals surface area contributed by atoms with Crippen molar-refractivity contribution in [3.05, 3.63) is 45.1 Å². The molecule has 3 N–H and O–H groups in total. The Hall–Kier alpha value is -1.72. The number of carboxylic acid groups (broad SMARTS) is 1. The number of hydrogen-bond donors (Lipinski definition) is 2. The fraction of sp³-hybridized carbons (Fsp3) is 0.154. The molecule has 0 saturated heterocycles. The predicted molar refractivity (Wildman–Crippen MR) is 79.2 cm³/mol. The lowest BCUT2D eigenvalue weighted by atomic mass is 10.1. The van der Waals surface area contributed by atoms with Crippen molar-refractivity contribution < 1.29 is 9.90 Å². The molecule has 6 heteroatoms. The van der Waals surface area contributed by atoms with Crippen LogP contribution in [0.5, 0.6) is 0 Å². The molecule has 0 atom stereocenters. The van der Waals surface area contributed by atoms with Gasteiger partial charge in [-0.3, -0.25) is 0 Å². The highest BCUT2D eigenvalue weighted by Crippen LogP contribution is 2.27. The molecular formula is C13H13ClN2O2S. The summed E-state index contributed by atoms with van der Waals surface area (Å²) in [5.41, 5.74) is 7.09. The maximum absolute atomic E-state index is 11.2. The number of nitrogens with two attached hydrogens (primary N) is 1. The molecule has 0 unspecified atom stereocenters. The first-order valence-electron chi connectivity index (χ1n) is 5.55. The first kappa shape index (κ1) is 13.7. The maximum Gasteiger partial charge on any atom is 0.337 e. The Morgan fingerprint density at radius 1 is 1.42 bits per heavy atom. The van der Waals surface area contributed by atoms with E-state index in [0.717, 1.165) is 9.21 Å². The average Bonchev–Trinajstić information content (AvgIpc) is 2.74. The van der Waals surface area contributed by atoms with Crippen LogP contribution in [0.2, 0.25) is 4.34 Å². The number of carboxylic acids is 1. The van der Waals surface area contributed by atoms with E-state index in [4.69, 9.17) is 17.3 Å². The van der Waals surface area contributed by atoms with Gasteiger partial charge in [0, 0.05) is 17.6 Å². The van der Waals surface area contributed by atoms with Gasteiger partial charge >= 0.3 is 5.97 Å². The largest absolute Gasteiger partial charge is 0.478 e. The molecule has 1 heterocycles. The van der Waals surface area contributed by atoms with Crippen molar-refractivity contribution in [3.63, 3.8) is 0 Å². The summed E-state index contributed by atoms with van der Waals surface area (Å²) in [6, 6.07) is 8.52. The Labute approximate surface area is 120 Å². The monoisotopic (exact) mass is 296 g/mol. The molecular weight excluding hydrogens is 284 g/mol. The van der Waals surface area contributed by atoms with Crippen molar-refractivity contribution in [1.82, 2.24) is 0 Å². The molecule has 0 amide bonds. The summed E-state index contributed by atoms with van der Waals surface area (Å²) in [6.07, 6.45) is 0. The highest BCUT2D eigenvalue weighted by molar-refractivity contribution is 7.16. The molecule has 1 aromatic heterocycles. The first-order chi connectivity index (χ1) is 8.97. The number of hydrogen-bond acceptors (Lipinski definition) is 4. The molecule has 0 radical (unpaired) electrons. The second kappa shape index (κ2) is 5.50. The van der Waals surface area contributed by atoms with E-state index >= 15 is 0 Å². The molecule has 2 rings (SSSR count). The van der Waals surface area contributed by atoms with E-state index in [1.807, 2.05) is 24.1 Å². The van der Waals surface area contributed by atoms with Crippen LogP contribution in [0, 0.1) is 0 Å². The minimum atomic E-state index is -0.967. The van der Waals surface area contributed by atoms with Crippen molar-refractivity contribution in [2.24, 2.45) is 0 Å². The number of nitrogen functional groups attached to an aromatic ring is 1. The summed E-state index contributed by atoms with van der Waals surface area (Å²) in [5, 5.41) is 9.19. The fourth-order valence-electron chi connectivity index (χ4n) is 1.80.